The van der Waals surface area contributed by atoms with Crippen molar-refractivity contribution < 1.29 is 13.2 Å². The summed E-state index contributed by atoms with van der Waals surface area (Å²) in [5.74, 6) is 0. The van der Waals surface area contributed by atoms with E-state index in [4.69, 9.17) is 0 Å². The monoisotopic (exact) mass is 270 g/mol. The SMILES string of the molecule is CC(C)(C)n1ncc2ccc(C(F)(F)F)cc2c1=O. The first-order valence-corrected chi connectivity index (χ1v) is 5.70. The molecule has 0 radical (unpaired) electrons. The van der Waals surface area contributed by atoms with Crippen LogP contribution in [0.3, 0.4) is 0 Å². The normalized spacial score (nSPS) is 12.9. The molecule has 102 valence electrons. The quantitative estimate of drug-likeness (QED) is 0.737. The third kappa shape index (κ3) is 2.47. The van der Waals surface area contributed by atoms with Gasteiger partial charge in [0, 0.05) is 5.39 Å². The van der Waals surface area contributed by atoms with E-state index in [9.17, 15) is 18.0 Å². The first-order valence-electron chi connectivity index (χ1n) is 5.70. The third-order valence-electron chi connectivity index (χ3n) is 2.75. The van der Waals surface area contributed by atoms with Crippen LogP contribution in [0.2, 0.25) is 0 Å². The maximum Gasteiger partial charge on any atom is 0.416 e. The van der Waals surface area contributed by atoms with Gasteiger partial charge in [-0.25, -0.2) is 4.68 Å². The number of halogens is 3. The average Bonchev–Trinajstić information content (AvgIpc) is 2.26. The highest BCUT2D eigenvalue weighted by atomic mass is 19.4. The van der Waals surface area contributed by atoms with Gasteiger partial charge in [-0.15, -0.1) is 0 Å². The molecule has 0 amide bonds. The van der Waals surface area contributed by atoms with E-state index < -0.39 is 22.8 Å². The predicted octanol–water partition coefficient (Wildman–Crippen LogP) is 3.17. The number of hydrogen-bond acceptors (Lipinski definition) is 2. The zero-order valence-electron chi connectivity index (χ0n) is 10.7. The smallest absolute Gasteiger partial charge is 0.267 e. The van der Waals surface area contributed by atoms with Crippen molar-refractivity contribution >= 4 is 10.8 Å². The lowest BCUT2D eigenvalue weighted by atomic mass is 10.1. The molecule has 2 rings (SSSR count). The van der Waals surface area contributed by atoms with Crippen LogP contribution >= 0.6 is 0 Å². The molecule has 0 aliphatic carbocycles. The van der Waals surface area contributed by atoms with Crippen molar-refractivity contribution in [3.05, 3.63) is 40.3 Å². The van der Waals surface area contributed by atoms with Gasteiger partial charge in [-0.3, -0.25) is 4.79 Å². The molecule has 1 aromatic carbocycles. The van der Waals surface area contributed by atoms with E-state index in [0.717, 1.165) is 12.1 Å². The van der Waals surface area contributed by atoms with Gasteiger partial charge in [0.1, 0.15) is 0 Å². The summed E-state index contributed by atoms with van der Waals surface area (Å²) < 4.78 is 39.2. The highest BCUT2D eigenvalue weighted by Gasteiger charge is 2.31. The highest BCUT2D eigenvalue weighted by molar-refractivity contribution is 5.81. The summed E-state index contributed by atoms with van der Waals surface area (Å²) in [4.78, 5) is 12.2. The maximum atomic E-state index is 12.7. The molecule has 0 atom stereocenters. The molecule has 0 saturated carbocycles. The highest BCUT2D eigenvalue weighted by Crippen LogP contribution is 2.30. The van der Waals surface area contributed by atoms with Crippen molar-refractivity contribution in [3.63, 3.8) is 0 Å². The topological polar surface area (TPSA) is 34.9 Å². The Morgan fingerprint density at radius 1 is 1.16 bits per heavy atom. The average molecular weight is 270 g/mol. The van der Waals surface area contributed by atoms with Crippen LogP contribution in [0.1, 0.15) is 26.3 Å². The predicted molar refractivity (Wildman–Crippen MR) is 66.0 cm³/mol. The van der Waals surface area contributed by atoms with E-state index >= 15 is 0 Å². The van der Waals surface area contributed by atoms with Crippen molar-refractivity contribution in [1.29, 1.82) is 0 Å². The molecule has 0 fully saturated rings. The minimum absolute atomic E-state index is 0.0275. The van der Waals surface area contributed by atoms with Gasteiger partial charge in [-0.1, -0.05) is 6.07 Å². The zero-order chi connectivity index (χ0) is 14.4. The molecule has 3 nitrogen and oxygen atoms in total. The van der Waals surface area contributed by atoms with Crippen LogP contribution in [-0.2, 0) is 11.7 Å². The number of fused-ring (bicyclic) bond motifs is 1. The lowest BCUT2D eigenvalue weighted by molar-refractivity contribution is -0.137. The van der Waals surface area contributed by atoms with Gasteiger partial charge >= 0.3 is 6.18 Å². The Kier molecular flexibility index (Phi) is 2.91. The van der Waals surface area contributed by atoms with Crippen LogP contribution in [0.15, 0.2) is 29.2 Å². The number of aromatic nitrogens is 2. The first kappa shape index (κ1) is 13.6. The second-order valence-corrected chi connectivity index (χ2v) is 5.33. The van der Waals surface area contributed by atoms with Crippen molar-refractivity contribution in [2.45, 2.75) is 32.5 Å². The molecule has 0 unspecified atom stereocenters. The summed E-state index contributed by atoms with van der Waals surface area (Å²) in [7, 11) is 0. The van der Waals surface area contributed by atoms with E-state index in [1.54, 1.807) is 20.8 Å². The molecule has 0 bridgehead atoms. The molecular formula is C13H13F3N2O. The van der Waals surface area contributed by atoms with E-state index in [2.05, 4.69) is 5.10 Å². The van der Waals surface area contributed by atoms with Crippen molar-refractivity contribution in [1.82, 2.24) is 9.78 Å². The molecule has 1 aromatic heterocycles. The van der Waals surface area contributed by atoms with Crippen LogP contribution in [0.25, 0.3) is 10.8 Å². The van der Waals surface area contributed by atoms with E-state index in [1.807, 2.05) is 0 Å². The van der Waals surface area contributed by atoms with Gasteiger partial charge in [0.25, 0.3) is 5.56 Å². The minimum atomic E-state index is -4.46. The Morgan fingerprint density at radius 3 is 2.32 bits per heavy atom. The number of nitrogens with zero attached hydrogens (tertiary/aromatic N) is 2. The Labute approximate surface area is 107 Å². The fraction of sp³-hybridized carbons (Fsp3) is 0.385. The molecular weight excluding hydrogens is 257 g/mol. The summed E-state index contributed by atoms with van der Waals surface area (Å²) in [5, 5.41) is 4.42. The summed E-state index contributed by atoms with van der Waals surface area (Å²) in [5.41, 5.74) is -1.93. The van der Waals surface area contributed by atoms with Crippen molar-refractivity contribution in [2.24, 2.45) is 0 Å². The Hall–Kier alpha value is -1.85. The van der Waals surface area contributed by atoms with Gasteiger partial charge in [0.15, 0.2) is 0 Å². The second kappa shape index (κ2) is 4.08. The second-order valence-electron chi connectivity index (χ2n) is 5.33. The van der Waals surface area contributed by atoms with Crippen LogP contribution in [0.4, 0.5) is 13.2 Å². The number of alkyl halides is 3. The third-order valence-corrected chi connectivity index (χ3v) is 2.75. The molecule has 0 N–H and O–H groups in total. The van der Waals surface area contributed by atoms with Crippen LogP contribution in [-0.4, -0.2) is 9.78 Å². The summed E-state index contributed by atoms with van der Waals surface area (Å²) in [6.07, 6.45) is -3.06. The lowest BCUT2D eigenvalue weighted by Gasteiger charge is -2.20. The lowest BCUT2D eigenvalue weighted by Crippen LogP contribution is -2.35. The molecule has 0 aliphatic rings. The van der Waals surface area contributed by atoms with E-state index in [-0.39, 0.29) is 5.39 Å². The number of benzene rings is 1. The first-order chi connectivity index (χ1) is 8.60. The molecule has 0 aliphatic heterocycles. The summed E-state index contributed by atoms with van der Waals surface area (Å²) in [6, 6.07) is 3.09. The van der Waals surface area contributed by atoms with Gasteiger partial charge in [-0.05, 0) is 32.9 Å². The molecule has 0 saturated heterocycles. The zero-order valence-corrected chi connectivity index (χ0v) is 10.7. The number of hydrogen-bond donors (Lipinski definition) is 0. The Morgan fingerprint density at radius 2 is 1.79 bits per heavy atom. The molecule has 1 heterocycles. The van der Waals surface area contributed by atoms with Gasteiger partial charge < -0.3 is 0 Å². The molecule has 0 spiro atoms. The standard InChI is InChI=1S/C13H13F3N2O/c1-12(2,3)18-11(19)10-6-9(13(14,15)16)5-4-8(10)7-17-18/h4-7H,1-3H3. The van der Waals surface area contributed by atoms with Crippen LogP contribution in [0.5, 0.6) is 0 Å². The minimum Gasteiger partial charge on any atom is -0.267 e. The fourth-order valence-corrected chi connectivity index (χ4v) is 1.79. The van der Waals surface area contributed by atoms with Crippen molar-refractivity contribution in [3.8, 4) is 0 Å². The maximum absolute atomic E-state index is 12.7. The molecule has 2 aromatic rings. The molecule has 6 heteroatoms. The Balaban J connectivity index is 2.78. The van der Waals surface area contributed by atoms with E-state index in [1.165, 1.54) is 16.9 Å². The number of rotatable bonds is 0. The fourth-order valence-electron chi connectivity index (χ4n) is 1.79. The summed E-state index contributed by atoms with van der Waals surface area (Å²) >= 11 is 0. The van der Waals surface area contributed by atoms with Gasteiger partial charge in [-0.2, -0.15) is 18.3 Å². The molecule has 19 heavy (non-hydrogen) atoms. The largest absolute Gasteiger partial charge is 0.416 e. The van der Waals surface area contributed by atoms with Gasteiger partial charge in [0.05, 0.1) is 22.7 Å². The summed E-state index contributed by atoms with van der Waals surface area (Å²) in [6.45, 7) is 5.29. The Bertz CT molecular complexity index is 676. The van der Waals surface area contributed by atoms with Crippen molar-refractivity contribution in [2.75, 3.05) is 0 Å². The van der Waals surface area contributed by atoms with E-state index in [0.29, 0.717) is 5.39 Å². The van der Waals surface area contributed by atoms with Gasteiger partial charge in [0.2, 0.25) is 0 Å². The van der Waals surface area contributed by atoms with Crippen LogP contribution in [0, 0.1) is 0 Å². The van der Waals surface area contributed by atoms with Crippen LogP contribution < -0.4 is 5.56 Å².